The third-order valence-corrected chi connectivity index (χ3v) is 11.5. The number of amides is 4. The van der Waals surface area contributed by atoms with Crippen molar-refractivity contribution in [1.82, 2.24) is 20.4 Å². The largest absolute Gasteiger partial charge is 0.480 e. The van der Waals surface area contributed by atoms with Crippen LogP contribution < -0.4 is 10.6 Å². The lowest BCUT2D eigenvalue weighted by Gasteiger charge is -2.46. The highest BCUT2D eigenvalue weighted by molar-refractivity contribution is 8.02. The minimum Gasteiger partial charge on any atom is -0.480 e. The second-order valence-corrected chi connectivity index (χ2v) is 16.2. The zero-order valence-electron chi connectivity index (χ0n) is 25.7. The average Bonchev–Trinajstić information content (AvgIpc) is 3.41. The highest BCUT2D eigenvalue weighted by atomic mass is 32.2. The number of aliphatic carboxylic acids is 2. The Morgan fingerprint density at radius 2 is 1.33 bits per heavy atom. The molecular weight excluding hydrogens is 633 g/mol. The number of carboxylic acid groups (broad SMARTS) is 2. The van der Waals surface area contributed by atoms with E-state index >= 15 is 0 Å². The average molecular weight is 669 g/mol. The molecule has 3 aliphatic rings. The van der Waals surface area contributed by atoms with Crippen LogP contribution in [0.25, 0.3) is 0 Å². The van der Waals surface area contributed by atoms with Crippen molar-refractivity contribution in [2.75, 3.05) is 0 Å². The van der Waals surface area contributed by atoms with Crippen molar-refractivity contribution in [3.05, 3.63) is 71.8 Å². The molecule has 12 nitrogen and oxygen atoms in total. The number of benzene rings is 2. The molecule has 0 aromatic heterocycles. The Morgan fingerprint density at radius 1 is 0.804 bits per heavy atom. The van der Waals surface area contributed by atoms with Gasteiger partial charge in [0.15, 0.2) is 6.04 Å². The smallest absolute Gasteiger partial charge is 0.329 e. The summed E-state index contributed by atoms with van der Waals surface area (Å²) in [4.78, 5) is 81.5. The molecule has 2 aromatic carbocycles. The van der Waals surface area contributed by atoms with Gasteiger partial charge in [0.25, 0.3) is 0 Å². The van der Waals surface area contributed by atoms with E-state index in [1.165, 1.54) is 16.7 Å². The Morgan fingerprint density at radius 3 is 1.85 bits per heavy atom. The Hall–Kier alpha value is -4.04. The minimum absolute atomic E-state index is 0.0718. The van der Waals surface area contributed by atoms with E-state index in [1.54, 1.807) is 70.2 Å². The number of nitrogens with one attached hydrogen (secondary N) is 2. The number of carboxylic acids is 2. The van der Waals surface area contributed by atoms with Crippen LogP contribution in [0.15, 0.2) is 60.7 Å². The normalized spacial score (nSPS) is 26.4. The summed E-state index contributed by atoms with van der Waals surface area (Å²) in [7, 11) is 0. The Labute approximate surface area is 274 Å². The van der Waals surface area contributed by atoms with Gasteiger partial charge in [0.2, 0.25) is 23.6 Å². The molecule has 0 radical (unpaired) electrons. The Bertz CT molecular complexity index is 1550. The zero-order valence-corrected chi connectivity index (χ0v) is 27.3. The first-order valence-corrected chi connectivity index (χ1v) is 16.5. The van der Waals surface area contributed by atoms with Crippen molar-refractivity contribution in [2.24, 2.45) is 0 Å². The minimum atomic E-state index is -1.64. The Kier molecular flexibility index (Phi) is 9.15. The molecule has 0 spiro atoms. The number of hydrogen-bond acceptors (Lipinski definition) is 8. The number of carbonyl (C=O) groups is 6. The number of thioether (sulfide) groups is 2. The van der Waals surface area contributed by atoms with E-state index in [1.807, 2.05) is 18.2 Å². The van der Waals surface area contributed by atoms with Crippen molar-refractivity contribution in [3.63, 3.8) is 0 Å². The molecule has 3 aliphatic heterocycles. The molecule has 2 aromatic rings. The van der Waals surface area contributed by atoms with Gasteiger partial charge in [-0.1, -0.05) is 60.7 Å². The third-order valence-electron chi connectivity index (χ3n) is 8.40. The summed E-state index contributed by atoms with van der Waals surface area (Å²) in [6, 6.07) is 12.6. The fourth-order valence-electron chi connectivity index (χ4n) is 6.37. The van der Waals surface area contributed by atoms with Crippen LogP contribution in [0.3, 0.4) is 0 Å². The van der Waals surface area contributed by atoms with Gasteiger partial charge in [-0.05, 0) is 38.8 Å². The lowest BCUT2D eigenvalue weighted by molar-refractivity contribution is -0.163. The van der Waals surface area contributed by atoms with Gasteiger partial charge in [-0.15, -0.1) is 23.5 Å². The van der Waals surface area contributed by atoms with Gasteiger partial charge in [-0.3, -0.25) is 19.2 Å². The molecule has 14 heteroatoms. The van der Waals surface area contributed by atoms with Gasteiger partial charge in [0.1, 0.15) is 28.9 Å². The number of rotatable bonds is 10. The quantitative estimate of drug-likeness (QED) is 0.273. The van der Waals surface area contributed by atoms with E-state index in [2.05, 4.69) is 10.6 Å². The number of fused-ring (bicyclic) bond motifs is 1. The van der Waals surface area contributed by atoms with Crippen LogP contribution in [0.1, 0.15) is 38.8 Å². The lowest BCUT2D eigenvalue weighted by Crippen LogP contribution is -2.72. The summed E-state index contributed by atoms with van der Waals surface area (Å²) >= 11 is 2.29. The summed E-state index contributed by atoms with van der Waals surface area (Å²) in [6.45, 7) is 6.71. The first kappa shape index (κ1) is 33.3. The van der Waals surface area contributed by atoms with Gasteiger partial charge < -0.3 is 30.6 Å². The highest BCUT2D eigenvalue weighted by Crippen LogP contribution is 2.53. The number of nitrogens with zero attached hydrogens (tertiary/aromatic N) is 2. The van der Waals surface area contributed by atoms with E-state index in [-0.39, 0.29) is 18.7 Å². The van der Waals surface area contributed by atoms with E-state index in [9.17, 15) is 39.0 Å². The first-order chi connectivity index (χ1) is 21.6. The maximum absolute atomic E-state index is 14.5. The highest BCUT2D eigenvalue weighted by Gasteiger charge is 2.67. The molecule has 0 saturated carbocycles. The van der Waals surface area contributed by atoms with Gasteiger partial charge in [-0.25, -0.2) is 9.59 Å². The molecule has 6 atom stereocenters. The number of carbonyl (C=O) groups excluding carboxylic acids is 4. The maximum Gasteiger partial charge on any atom is 0.329 e. The summed E-state index contributed by atoms with van der Waals surface area (Å²) in [5, 5.41) is 24.0. The monoisotopic (exact) mass is 668 g/mol. The van der Waals surface area contributed by atoms with Crippen molar-refractivity contribution >= 4 is 59.1 Å². The Balaban J connectivity index is 1.40. The van der Waals surface area contributed by atoms with Crippen LogP contribution in [0.5, 0.6) is 0 Å². The van der Waals surface area contributed by atoms with Gasteiger partial charge in [-0.2, -0.15) is 0 Å². The fourth-order valence-corrected chi connectivity index (χ4v) is 9.62. The van der Waals surface area contributed by atoms with E-state index in [0.29, 0.717) is 5.56 Å². The standard InChI is InChI=1S/C32H36N4O8S2/c1-31(2)23(35-25(39)21(27(35)45-31)33-19(37)15-17-11-7-5-8-12-17)26(40)36-24(30(43)44)32(3,4)46-28(36)22(29(41)42)34-20(38)16-18-13-9-6-10-14-18/h5-14,21-24,27-28H,15-16H2,1-4H3,(H,33,37)(H,34,38)(H,41,42)(H,43,44)/t21-,22?,23?,24+,27-,28?/m1/s1. The molecule has 3 fully saturated rings. The van der Waals surface area contributed by atoms with Gasteiger partial charge in [0, 0.05) is 9.49 Å². The molecule has 5 rings (SSSR count). The van der Waals surface area contributed by atoms with Crippen LogP contribution in [0.4, 0.5) is 0 Å². The molecule has 244 valence electrons. The van der Waals surface area contributed by atoms with Crippen LogP contribution in [0.2, 0.25) is 0 Å². The first-order valence-electron chi connectivity index (χ1n) is 14.7. The lowest BCUT2D eigenvalue weighted by atomic mass is 9.92. The molecule has 46 heavy (non-hydrogen) atoms. The SMILES string of the molecule is CC1(C)S[C@@H]2[C@H](NC(=O)Cc3ccccc3)C(=O)N2C1C(=O)N1C(C(NC(=O)Cc2ccccc2)C(=O)O)SC(C)(C)[C@@H]1C(=O)O. The summed E-state index contributed by atoms with van der Waals surface area (Å²) in [6.07, 6.45) is -0.0439. The van der Waals surface area contributed by atoms with Gasteiger partial charge >= 0.3 is 11.9 Å². The number of β-lactam (4-membered cyclic amide) rings is 1. The van der Waals surface area contributed by atoms with Crippen molar-refractivity contribution in [3.8, 4) is 0 Å². The molecule has 3 saturated heterocycles. The second kappa shape index (κ2) is 12.6. The molecule has 3 unspecified atom stereocenters. The summed E-state index contributed by atoms with van der Waals surface area (Å²) in [5.41, 5.74) is 1.43. The van der Waals surface area contributed by atoms with Crippen molar-refractivity contribution < 1.29 is 39.0 Å². The fraction of sp³-hybridized carbons (Fsp3) is 0.438. The second-order valence-electron chi connectivity index (χ2n) is 12.6. The van der Waals surface area contributed by atoms with Crippen LogP contribution in [-0.4, -0.2) is 100.0 Å². The molecule has 0 aliphatic carbocycles. The van der Waals surface area contributed by atoms with Gasteiger partial charge in [0.05, 0.1) is 12.8 Å². The maximum atomic E-state index is 14.5. The van der Waals surface area contributed by atoms with Crippen molar-refractivity contribution in [2.45, 2.75) is 84.9 Å². The van der Waals surface area contributed by atoms with Crippen LogP contribution in [0, 0.1) is 0 Å². The summed E-state index contributed by atoms with van der Waals surface area (Å²) < 4.78 is -2.07. The van der Waals surface area contributed by atoms with Crippen LogP contribution in [-0.2, 0) is 41.6 Å². The predicted octanol–water partition coefficient (Wildman–Crippen LogP) is 1.72. The summed E-state index contributed by atoms with van der Waals surface area (Å²) in [5.74, 6) is -4.94. The number of hydrogen-bond donors (Lipinski definition) is 4. The van der Waals surface area contributed by atoms with E-state index in [4.69, 9.17) is 0 Å². The van der Waals surface area contributed by atoms with E-state index < -0.39 is 74.1 Å². The molecule has 0 bridgehead atoms. The van der Waals surface area contributed by atoms with Crippen molar-refractivity contribution in [1.29, 1.82) is 0 Å². The molecule has 3 heterocycles. The topological polar surface area (TPSA) is 173 Å². The predicted molar refractivity (Wildman–Crippen MR) is 172 cm³/mol. The zero-order chi connectivity index (χ0) is 33.6. The van der Waals surface area contributed by atoms with E-state index in [0.717, 1.165) is 22.2 Å². The third kappa shape index (κ3) is 6.32. The molecule has 4 amide bonds. The molecular formula is C32H36N4O8S2. The molecule has 4 N–H and O–H groups in total. The van der Waals surface area contributed by atoms with Crippen LogP contribution >= 0.6 is 23.5 Å².